The molecule has 0 bridgehead atoms. The van der Waals surface area contributed by atoms with Crippen LogP contribution in [0.4, 0.5) is 0 Å². The third kappa shape index (κ3) is 1.08. The average Bonchev–Trinajstić information content (AvgIpc) is 2.58. The van der Waals surface area contributed by atoms with Crippen LogP contribution >= 0.6 is 0 Å². The van der Waals surface area contributed by atoms with Gasteiger partial charge in [-0.3, -0.25) is 10.2 Å². The molecule has 3 rings (SSSR count). The van der Waals surface area contributed by atoms with Crippen molar-refractivity contribution in [3.63, 3.8) is 0 Å². The van der Waals surface area contributed by atoms with Crippen LogP contribution in [0.25, 0.3) is 0 Å². The Labute approximate surface area is 80.7 Å². The Bertz CT molecular complexity index is 202. The minimum atomic E-state index is 0.469. The summed E-state index contributed by atoms with van der Waals surface area (Å²) < 4.78 is 0. The van der Waals surface area contributed by atoms with Crippen LogP contribution in [-0.2, 0) is 0 Å². The fraction of sp³-hybridized carbons (Fsp3) is 1.00. The lowest BCUT2D eigenvalue weighted by molar-refractivity contribution is -0.0349. The van der Waals surface area contributed by atoms with Crippen molar-refractivity contribution in [2.75, 3.05) is 19.6 Å². The van der Waals surface area contributed by atoms with Crippen LogP contribution in [-0.4, -0.2) is 30.2 Å². The van der Waals surface area contributed by atoms with Crippen molar-refractivity contribution >= 4 is 0 Å². The van der Waals surface area contributed by atoms with Crippen molar-refractivity contribution in [2.24, 2.45) is 5.92 Å². The van der Waals surface area contributed by atoms with Gasteiger partial charge in [-0.2, -0.15) is 0 Å². The Kier molecular flexibility index (Phi) is 1.88. The van der Waals surface area contributed by atoms with Gasteiger partial charge in [0, 0.05) is 6.54 Å². The molecular weight excluding hydrogens is 160 g/mol. The topological polar surface area (TPSA) is 15.3 Å². The number of hydrogen-bond donors (Lipinski definition) is 1. The normalized spacial score (nSPS) is 45.7. The van der Waals surface area contributed by atoms with E-state index in [1.165, 1.54) is 58.2 Å². The number of nitrogens with one attached hydrogen (secondary N) is 1. The fourth-order valence-electron chi connectivity index (χ4n) is 3.82. The van der Waals surface area contributed by atoms with E-state index < -0.39 is 0 Å². The highest BCUT2D eigenvalue weighted by molar-refractivity contribution is 5.03. The molecule has 2 saturated heterocycles. The summed E-state index contributed by atoms with van der Waals surface area (Å²) in [6.07, 6.45) is 8.61. The smallest absolute Gasteiger partial charge is 0.0741 e. The highest BCUT2D eigenvalue weighted by Gasteiger charge is 2.49. The molecule has 1 saturated carbocycles. The van der Waals surface area contributed by atoms with Gasteiger partial charge in [0.1, 0.15) is 0 Å². The van der Waals surface area contributed by atoms with Crippen LogP contribution in [0.1, 0.15) is 38.5 Å². The van der Waals surface area contributed by atoms with Gasteiger partial charge in [0.2, 0.25) is 0 Å². The lowest BCUT2D eigenvalue weighted by Gasteiger charge is -2.52. The molecule has 0 aromatic heterocycles. The predicted octanol–water partition coefficient (Wildman–Crippen LogP) is 1.57. The largest absolute Gasteiger partial charge is 0.299 e. The summed E-state index contributed by atoms with van der Waals surface area (Å²) in [4.78, 5) is 2.75. The summed E-state index contributed by atoms with van der Waals surface area (Å²) >= 11 is 0. The van der Waals surface area contributed by atoms with E-state index in [0.717, 1.165) is 5.92 Å². The Morgan fingerprint density at radius 2 is 1.92 bits per heavy atom. The molecule has 1 aliphatic carbocycles. The van der Waals surface area contributed by atoms with Gasteiger partial charge in [-0.15, -0.1) is 0 Å². The van der Waals surface area contributed by atoms with E-state index >= 15 is 0 Å². The van der Waals surface area contributed by atoms with Gasteiger partial charge in [0.05, 0.1) is 5.66 Å². The summed E-state index contributed by atoms with van der Waals surface area (Å²) in [5.41, 5.74) is 0.469. The van der Waals surface area contributed by atoms with E-state index in [0.29, 0.717) is 5.66 Å². The Morgan fingerprint density at radius 1 is 1.08 bits per heavy atom. The molecule has 3 aliphatic rings. The number of rotatable bonds is 0. The summed E-state index contributed by atoms with van der Waals surface area (Å²) in [5.74, 6) is 0.974. The van der Waals surface area contributed by atoms with Gasteiger partial charge in [0.25, 0.3) is 0 Å². The number of hydrogen-bond acceptors (Lipinski definition) is 2. The number of nitrogens with zero attached hydrogens (tertiary/aromatic N) is 1. The molecule has 0 aromatic rings. The summed E-state index contributed by atoms with van der Waals surface area (Å²) in [5, 5.41) is 3.82. The van der Waals surface area contributed by atoms with Gasteiger partial charge < -0.3 is 0 Å². The lowest BCUT2D eigenvalue weighted by atomic mass is 9.84. The molecule has 3 fully saturated rings. The molecule has 0 radical (unpaired) electrons. The Hall–Kier alpha value is -0.0800. The molecule has 2 heteroatoms. The van der Waals surface area contributed by atoms with Crippen LogP contribution in [0.3, 0.4) is 0 Å². The van der Waals surface area contributed by atoms with Gasteiger partial charge in [0.15, 0.2) is 0 Å². The van der Waals surface area contributed by atoms with E-state index in [-0.39, 0.29) is 0 Å². The molecule has 2 heterocycles. The second-order valence-electron chi connectivity index (χ2n) is 4.92. The van der Waals surface area contributed by atoms with Crippen molar-refractivity contribution in [3.8, 4) is 0 Å². The Morgan fingerprint density at radius 3 is 2.92 bits per heavy atom. The van der Waals surface area contributed by atoms with Crippen LogP contribution < -0.4 is 5.32 Å². The van der Waals surface area contributed by atoms with Crippen molar-refractivity contribution < 1.29 is 0 Å². The van der Waals surface area contributed by atoms with E-state index in [1.54, 1.807) is 0 Å². The molecule has 1 N–H and O–H groups in total. The molecule has 0 amide bonds. The quantitative estimate of drug-likeness (QED) is 0.609. The highest BCUT2D eigenvalue weighted by atomic mass is 15.4. The third-order valence-corrected chi connectivity index (χ3v) is 4.37. The van der Waals surface area contributed by atoms with Gasteiger partial charge in [-0.25, -0.2) is 0 Å². The van der Waals surface area contributed by atoms with Crippen molar-refractivity contribution in [1.82, 2.24) is 10.2 Å². The zero-order chi connectivity index (χ0) is 8.73. The highest BCUT2D eigenvalue weighted by Crippen LogP contribution is 2.45. The molecule has 2 nitrogen and oxygen atoms in total. The molecule has 2 aliphatic heterocycles. The monoisotopic (exact) mass is 180 g/mol. The zero-order valence-corrected chi connectivity index (χ0v) is 8.39. The van der Waals surface area contributed by atoms with E-state index in [1.807, 2.05) is 0 Å². The third-order valence-electron chi connectivity index (χ3n) is 4.37. The SMILES string of the molecule is C1CNC23CCCC2CCCN3C1. The van der Waals surface area contributed by atoms with Crippen molar-refractivity contribution in [2.45, 2.75) is 44.2 Å². The van der Waals surface area contributed by atoms with Crippen LogP contribution in [0.15, 0.2) is 0 Å². The van der Waals surface area contributed by atoms with E-state index in [9.17, 15) is 0 Å². The predicted molar refractivity (Wildman–Crippen MR) is 53.5 cm³/mol. The van der Waals surface area contributed by atoms with Crippen molar-refractivity contribution in [3.05, 3.63) is 0 Å². The van der Waals surface area contributed by atoms with Gasteiger partial charge >= 0.3 is 0 Å². The first-order valence-corrected chi connectivity index (χ1v) is 5.92. The van der Waals surface area contributed by atoms with Gasteiger partial charge in [-0.1, -0.05) is 0 Å². The minimum absolute atomic E-state index is 0.469. The van der Waals surface area contributed by atoms with Crippen LogP contribution in [0.2, 0.25) is 0 Å². The molecule has 1 spiro atoms. The minimum Gasteiger partial charge on any atom is -0.299 e. The average molecular weight is 180 g/mol. The maximum Gasteiger partial charge on any atom is 0.0741 e. The molecular formula is C11H20N2. The second kappa shape index (κ2) is 2.96. The first-order chi connectivity index (χ1) is 6.42. The standard InChI is InChI=1S/C11H20N2/c1-4-10-5-2-8-13-9-3-7-12-11(10,13)6-1/h10,12H,1-9H2. The fourth-order valence-corrected chi connectivity index (χ4v) is 3.82. The first kappa shape index (κ1) is 8.25. The summed E-state index contributed by atoms with van der Waals surface area (Å²) in [7, 11) is 0. The molecule has 0 aromatic carbocycles. The Balaban J connectivity index is 1.89. The molecule has 74 valence electrons. The maximum atomic E-state index is 3.82. The molecule has 2 unspecified atom stereocenters. The van der Waals surface area contributed by atoms with Crippen molar-refractivity contribution in [1.29, 1.82) is 0 Å². The van der Waals surface area contributed by atoms with Crippen LogP contribution in [0, 0.1) is 5.92 Å². The molecule has 2 atom stereocenters. The maximum absolute atomic E-state index is 3.82. The number of piperidine rings is 1. The van der Waals surface area contributed by atoms with E-state index in [2.05, 4.69) is 10.2 Å². The summed E-state index contributed by atoms with van der Waals surface area (Å²) in [6, 6.07) is 0. The zero-order valence-electron chi connectivity index (χ0n) is 8.39. The molecule has 13 heavy (non-hydrogen) atoms. The van der Waals surface area contributed by atoms with E-state index in [4.69, 9.17) is 0 Å². The van der Waals surface area contributed by atoms with Crippen LogP contribution in [0.5, 0.6) is 0 Å². The lowest BCUT2D eigenvalue weighted by Crippen LogP contribution is -2.66. The summed E-state index contributed by atoms with van der Waals surface area (Å²) in [6.45, 7) is 3.96. The second-order valence-corrected chi connectivity index (χ2v) is 4.92. The van der Waals surface area contributed by atoms with Gasteiger partial charge in [-0.05, 0) is 57.5 Å². The first-order valence-electron chi connectivity index (χ1n) is 5.92.